The Balaban J connectivity index is 2.04. The second-order valence-electron chi connectivity index (χ2n) is 3.97. The van der Waals surface area contributed by atoms with Crippen LogP contribution >= 0.6 is 11.3 Å². The summed E-state index contributed by atoms with van der Waals surface area (Å²) in [5.41, 5.74) is 3.72. The number of carbonyl (C=O) groups excluding carboxylic acids is 1. The quantitative estimate of drug-likeness (QED) is 0.830. The molecule has 0 saturated heterocycles. The third kappa shape index (κ3) is 3.63. The maximum atomic E-state index is 12.0. The van der Waals surface area contributed by atoms with Crippen molar-refractivity contribution in [2.24, 2.45) is 0 Å². The molecule has 0 saturated carbocycles. The summed E-state index contributed by atoms with van der Waals surface area (Å²) in [6.07, 6.45) is 3.03. The van der Waals surface area contributed by atoms with E-state index in [2.05, 4.69) is 27.1 Å². The average Bonchev–Trinajstić information content (AvgIpc) is 2.88. The second-order valence-corrected chi connectivity index (χ2v) is 4.91. The zero-order valence-electron chi connectivity index (χ0n) is 10.9. The molecular weight excluding hydrogens is 274 g/mol. The van der Waals surface area contributed by atoms with Crippen LogP contribution in [0.2, 0.25) is 0 Å². The van der Waals surface area contributed by atoms with Crippen LogP contribution in [0.5, 0.6) is 0 Å². The predicted molar refractivity (Wildman–Crippen MR) is 76.2 cm³/mol. The number of aromatic nitrogens is 2. The van der Waals surface area contributed by atoms with Gasteiger partial charge < -0.3 is 10.4 Å². The molecule has 0 atom stereocenters. The van der Waals surface area contributed by atoms with Crippen LogP contribution in [0.15, 0.2) is 24.0 Å². The Morgan fingerprint density at radius 1 is 1.50 bits per heavy atom. The number of carbonyl (C=O) groups is 1. The highest BCUT2D eigenvalue weighted by atomic mass is 32.1. The number of rotatable bonds is 3. The van der Waals surface area contributed by atoms with Crippen LogP contribution < -0.4 is 5.32 Å². The third-order valence-electron chi connectivity index (χ3n) is 2.57. The first kappa shape index (κ1) is 14.2. The van der Waals surface area contributed by atoms with Crippen molar-refractivity contribution in [3.05, 3.63) is 45.7 Å². The molecule has 102 valence electrons. The monoisotopic (exact) mass is 287 g/mol. The van der Waals surface area contributed by atoms with E-state index in [0.29, 0.717) is 17.7 Å². The molecule has 6 heteroatoms. The van der Waals surface area contributed by atoms with Gasteiger partial charge in [0.05, 0.1) is 23.3 Å². The molecule has 1 amide bonds. The Labute approximate surface area is 120 Å². The standard InChI is InChI=1S/C14H13N3O2S/c1-10-13(20-9-17-10)8-16-14(19)12-5-11(3-2-4-18)6-15-7-12/h5-7,9,18H,4,8H2,1H3,(H,16,19). The molecule has 2 heterocycles. The largest absolute Gasteiger partial charge is 0.384 e. The van der Waals surface area contributed by atoms with Crippen molar-refractivity contribution < 1.29 is 9.90 Å². The molecule has 0 aliphatic carbocycles. The highest BCUT2D eigenvalue weighted by Gasteiger charge is 2.08. The Kier molecular flexibility index (Phi) is 4.82. The van der Waals surface area contributed by atoms with Gasteiger partial charge in [0.1, 0.15) is 6.61 Å². The SMILES string of the molecule is Cc1ncsc1CNC(=O)c1cncc(C#CCO)c1. The van der Waals surface area contributed by atoms with Crippen LogP contribution in [0.3, 0.4) is 0 Å². The number of hydrogen-bond donors (Lipinski definition) is 2. The lowest BCUT2D eigenvalue weighted by Crippen LogP contribution is -2.22. The van der Waals surface area contributed by atoms with Crippen LogP contribution in [0.1, 0.15) is 26.5 Å². The summed E-state index contributed by atoms with van der Waals surface area (Å²) in [5, 5.41) is 11.5. The number of amides is 1. The van der Waals surface area contributed by atoms with Gasteiger partial charge in [-0.05, 0) is 13.0 Å². The fraction of sp³-hybridized carbons (Fsp3) is 0.214. The van der Waals surface area contributed by atoms with Gasteiger partial charge in [0.15, 0.2) is 0 Å². The zero-order chi connectivity index (χ0) is 14.4. The van der Waals surface area contributed by atoms with Gasteiger partial charge in [-0.15, -0.1) is 11.3 Å². The molecule has 0 fully saturated rings. The maximum absolute atomic E-state index is 12.0. The smallest absolute Gasteiger partial charge is 0.253 e. The maximum Gasteiger partial charge on any atom is 0.253 e. The molecule has 20 heavy (non-hydrogen) atoms. The number of hydrogen-bond acceptors (Lipinski definition) is 5. The van der Waals surface area contributed by atoms with E-state index in [-0.39, 0.29) is 12.5 Å². The van der Waals surface area contributed by atoms with Crippen LogP contribution in [-0.2, 0) is 6.54 Å². The first-order valence-corrected chi connectivity index (χ1v) is 6.80. The van der Waals surface area contributed by atoms with Gasteiger partial charge >= 0.3 is 0 Å². The van der Waals surface area contributed by atoms with E-state index in [1.165, 1.54) is 17.5 Å². The van der Waals surface area contributed by atoms with Crippen molar-refractivity contribution in [3.8, 4) is 11.8 Å². The highest BCUT2D eigenvalue weighted by molar-refractivity contribution is 7.09. The number of aliphatic hydroxyl groups excluding tert-OH is 1. The van der Waals surface area contributed by atoms with Gasteiger partial charge in [0.25, 0.3) is 5.91 Å². The molecule has 2 aromatic rings. The summed E-state index contributed by atoms with van der Waals surface area (Å²) in [5.74, 6) is 5.03. The molecule has 0 aliphatic rings. The van der Waals surface area contributed by atoms with E-state index < -0.39 is 0 Å². The van der Waals surface area contributed by atoms with E-state index in [9.17, 15) is 4.79 Å². The number of nitrogens with one attached hydrogen (secondary N) is 1. The van der Waals surface area contributed by atoms with Crippen LogP contribution in [-0.4, -0.2) is 27.6 Å². The molecule has 2 rings (SSSR count). The van der Waals surface area contributed by atoms with Gasteiger partial charge in [-0.25, -0.2) is 4.98 Å². The molecule has 0 spiro atoms. The Morgan fingerprint density at radius 3 is 3.05 bits per heavy atom. The number of aryl methyl sites for hydroxylation is 1. The predicted octanol–water partition coefficient (Wildman–Crippen LogP) is 1.12. The zero-order valence-corrected chi connectivity index (χ0v) is 11.7. The first-order chi connectivity index (χ1) is 9.70. The van der Waals surface area contributed by atoms with Gasteiger partial charge in [-0.1, -0.05) is 11.8 Å². The second kappa shape index (κ2) is 6.80. The van der Waals surface area contributed by atoms with E-state index in [1.807, 2.05) is 6.92 Å². The van der Waals surface area contributed by atoms with Crippen molar-refractivity contribution >= 4 is 17.2 Å². The van der Waals surface area contributed by atoms with Gasteiger partial charge in [0.2, 0.25) is 0 Å². The summed E-state index contributed by atoms with van der Waals surface area (Å²) in [6, 6.07) is 1.64. The van der Waals surface area contributed by atoms with Crippen molar-refractivity contribution in [1.82, 2.24) is 15.3 Å². The van der Waals surface area contributed by atoms with E-state index >= 15 is 0 Å². The number of pyridine rings is 1. The summed E-state index contributed by atoms with van der Waals surface area (Å²) in [4.78, 5) is 21.1. The minimum atomic E-state index is -0.221. The number of thiazole rings is 1. The molecule has 0 aliphatic heterocycles. The van der Waals surface area contributed by atoms with Gasteiger partial charge in [-0.3, -0.25) is 9.78 Å². The molecular formula is C14H13N3O2S. The van der Waals surface area contributed by atoms with Crippen LogP contribution in [0.4, 0.5) is 0 Å². The lowest BCUT2D eigenvalue weighted by Gasteiger charge is -2.04. The summed E-state index contributed by atoms with van der Waals surface area (Å²) in [6.45, 7) is 2.13. The van der Waals surface area contributed by atoms with E-state index in [0.717, 1.165) is 10.6 Å². The first-order valence-electron chi connectivity index (χ1n) is 5.92. The third-order valence-corrected chi connectivity index (χ3v) is 3.50. The lowest BCUT2D eigenvalue weighted by atomic mass is 10.2. The molecule has 5 nitrogen and oxygen atoms in total. The van der Waals surface area contributed by atoms with E-state index in [4.69, 9.17) is 5.11 Å². The summed E-state index contributed by atoms with van der Waals surface area (Å²) < 4.78 is 0. The number of aliphatic hydroxyl groups is 1. The molecule has 0 radical (unpaired) electrons. The minimum absolute atomic E-state index is 0.210. The molecule has 0 aromatic carbocycles. The molecule has 2 N–H and O–H groups in total. The number of nitrogens with zero attached hydrogens (tertiary/aromatic N) is 2. The lowest BCUT2D eigenvalue weighted by molar-refractivity contribution is 0.0951. The summed E-state index contributed by atoms with van der Waals surface area (Å²) in [7, 11) is 0. The van der Waals surface area contributed by atoms with E-state index in [1.54, 1.807) is 17.8 Å². The van der Waals surface area contributed by atoms with Gasteiger partial charge in [0, 0.05) is 22.8 Å². The van der Waals surface area contributed by atoms with Crippen molar-refractivity contribution in [2.75, 3.05) is 6.61 Å². The fourth-order valence-corrected chi connectivity index (χ4v) is 2.25. The topological polar surface area (TPSA) is 75.1 Å². The van der Waals surface area contributed by atoms with Crippen molar-refractivity contribution in [2.45, 2.75) is 13.5 Å². The molecule has 0 bridgehead atoms. The van der Waals surface area contributed by atoms with Crippen molar-refractivity contribution in [1.29, 1.82) is 0 Å². The average molecular weight is 287 g/mol. The van der Waals surface area contributed by atoms with Gasteiger partial charge in [-0.2, -0.15) is 0 Å². The molecule has 2 aromatic heterocycles. The van der Waals surface area contributed by atoms with Crippen LogP contribution in [0, 0.1) is 18.8 Å². The normalized spacial score (nSPS) is 9.70. The van der Waals surface area contributed by atoms with Crippen LogP contribution in [0.25, 0.3) is 0 Å². The minimum Gasteiger partial charge on any atom is -0.384 e. The molecule has 0 unspecified atom stereocenters. The van der Waals surface area contributed by atoms with Crippen molar-refractivity contribution in [3.63, 3.8) is 0 Å². The Bertz CT molecular complexity index is 670. The summed E-state index contributed by atoms with van der Waals surface area (Å²) >= 11 is 1.51. The fourth-order valence-electron chi connectivity index (χ4n) is 1.53. The highest BCUT2D eigenvalue weighted by Crippen LogP contribution is 2.11. The Hall–Kier alpha value is -2.23. The Morgan fingerprint density at radius 2 is 2.35 bits per heavy atom.